The number of hydrogen-bond acceptors (Lipinski definition) is 6. The second-order valence-electron chi connectivity index (χ2n) is 8.02. The molecule has 2 aromatic rings. The Morgan fingerprint density at radius 3 is 2.39 bits per heavy atom. The number of carbonyl (C=O) groups is 3. The second-order valence-corrected chi connectivity index (χ2v) is 8.02. The minimum atomic E-state index is -0.431. The Bertz CT molecular complexity index is 998. The molecule has 0 radical (unpaired) electrons. The first-order valence-electron chi connectivity index (χ1n) is 10.9. The first-order chi connectivity index (χ1) is 15.9. The van der Waals surface area contributed by atoms with Gasteiger partial charge in [0.25, 0.3) is 5.91 Å². The van der Waals surface area contributed by atoms with Crippen molar-refractivity contribution in [3.8, 4) is 17.2 Å². The summed E-state index contributed by atoms with van der Waals surface area (Å²) in [5.41, 5.74) is 1.32. The van der Waals surface area contributed by atoms with Crippen molar-refractivity contribution in [3.63, 3.8) is 0 Å². The van der Waals surface area contributed by atoms with Crippen LogP contribution < -0.4 is 19.5 Å². The van der Waals surface area contributed by atoms with Gasteiger partial charge in [-0.1, -0.05) is 12.1 Å². The highest BCUT2D eigenvalue weighted by molar-refractivity contribution is 5.94. The molecule has 0 saturated carbocycles. The molecule has 8 heteroatoms. The summed E-state index contributed by atoms with van der Waals surface area (Å²) in [6.45, 7) is 3.18. The molecule has 1 heterocycles. The summed E-state index contributed by atoms with van der Waals surface area (Å²) in [7, 11) is 3.15. The minimum Gasteiger partial charge on any atom is -0.493 e. The summed E-state index contributed by atoms with van der Waals surface area (Å²) in [6.07, 6.45) is 1.96. The first-order valence-corrected chi connectivity index (χ1v) is 10.9. The van der Waals surface area contributed by atoms with Gasteiger partial charge in [0.2, 0.25) is 5.91 Å². The molecule has 0 aliphatic carbocycles. The van der Waals surface area contributed by atoms with Crippen LogP contribution in [0.5, 0.6) is 17.2 Å². The third kappa shape index (κ3) is 6.71. The predicted octanol–water partition coefficient (Wildman–Crippen LogP) is 2.84. The zero-order chi connectivity index (χ0) is 23.8. The van der Waals surface area contributed by atoms with Gasteiger partial charge in [0.1, 0.15) is 5.75 Å². The fourth-order valence-electron chi connectivity index (χ4n) is 3.87. The second kappa shape index (κ2) is 11.4. The normalized spacial score (nSPS) is 13.8. The van der Waals surface area contributed by atoms with Crippen molar-refractivity contribution < 1.29 is 28.6 Å². The van der Waals surface area contributed by atoms with Crippen molar-refractivity contribution in [1.82, 2.24) is 10.2 Å². The zero-order valence-corrected chi connectivity index (χ0v) is 19.3. The van der Waals surface area contributed by atoms with Crippen LogP contribution in [0.2, 0.25) is 0 Å². The van der Waals surface area contributed by atoms with Gasteiger partial charge in [-0.05, 0) is 54.7 Å². The van der Waals surface area contributed by atoms with Gasteiger partial charge in [0.15, 0.2) is 11.5 Å². The van der Waals surface area contributed by atoms with Crippen molar-refractivity contribution in [2.75, 3.05) is 33.9 Å². The molecule has 1 N–H and O–H groups in total. The van der Waals surface area contributed by atoms with E-state index in [1.165, 1.54) is 6.92 Å². The standard InChI is InChI=1S/C25H30N2O6/c1-17(28)33-21-6-4-5-20(15-21)25(30)26-16-18-9-11-27(12-10-18)24(29)14-19-7-8-22(31-2)23(13-19)32-3/h4-8,13,15,18H,9-12,14,16H2,1-3H3,(H,26,30). The van der Waals surface area contributed by atoms with Gasteiger partial charge in [0, 0.05) is 32.1 Å². The fourth-order valence-corrected chi connectivity index (χ4v) is 3.87. The number of hydrogen-bond donors (Lipinski definition) is 1. The molecule has 2 aromatic carbocycles. The molecule has 176 valence electrons. The number of ether oxygens (including phenoxy) is 3. The average molecular weight is 455 g/mol. The minimum absolute atomic E-state index is 0.0759. The lowest BCUT2D eigenvalue weighted by atomic mass is 9.96. The Morgan fingerprint density at radius 2 is 1.73 bits per heavy atom. The van der Waals surface area contributed by atoms with E-state index in [1.807, 2.05) is 17.0 Å². The van der Waals surface area contributed by atoms with Gasteiger partial charge in [-0.15, -0.1) is 0 Å². The lowest BCUT2D eigenvalue weighted by Crippen LogP contribution is -2.42. The van der Waals surface area contributed by atoms with Crippen LogP contribution in [0.15, 0.2) is 42.5 Å². The van der Waals surface area contributed by atoms with Crippen molar-refractivity contribution >= 4 is 17.8 Å². The number of esters is 1. The van der Waals surface area contributed by atoms with Crippen LogP contribution in [0, 0.1) is 5.92 Å². The van der Waals surface area contributed by atoms with Crippen LogP contribution in [-0.4, -0.2) is 56.5 Å². The van der Waals surface area contributed by atoms with Crippen molar-refractivity contribution in [1.29, 1.82) is 0 Å². The molecule has 1 aliphatic heterocycles. The number of nitrogens with one attached hydrogen (secondary N) is 1. The number of piperidine rings is 1. The van der Waals surface area contributed by atoms with Crippen LogP contribution in [0.1, 0.15) is 35.7 Å². The number of rotatable bonds is 8. The van der Waals surface area contributed by atoms with Gasteiger partial charge in [-0.25, -0.2) is 0 Å². The Balaban J connectivity index is 1.45. The molecule has 33 heavy (non-hydrogen) atoms. The number of likely N-dealkylation sites (tertiary alicyclic amines) is 1. The highest BCUT2D eigenvalue weighted by Crippen LogP contribution is 2.28. The first kappa shape index (κ1) is 24.1. The average Bonchev–Trinajstić information content (AvgIpc) is 2.82. The quantitative estimate of drug-likeness (QED) is 0.487. The van der Waals surface area contributed by atoms with E-state index in [0.717, 1.165) is 18.4 Å². The molecule has 3 rings (SSSR count). The Kier molecular flexibility index (Phi) is 8.29. The van der Waals surface area contributed by atoms with Crippen molar-refractivity contribution in [3.05, 3.63) is 53.6 Å². The Hall–Kier alpha value is -3.55. The summed E-state index contributed by atoms with van der Waals surface area (Å²) in [5, 5.41) is 2.95. The van der Waals surface area contributed by atoms with Gasteiger partial charge >= 0.3 is 5.97 Å². The van der Waals surface area contributed by atoms with E-state index in [1.54, 1.807) is 44.6 Å². The van der Waals surface area contributed by atoms with E-state index in [0.29, 0.717) is 54.8 Å². The third-order valence-corrected chi connectivity index (χ3v) is 5.68. The number of amides is 2. The SMILES string of the molecule is COc1ccc(CC(=O)N2CCC(CNC(=O)c3cccc(OC(C)=O)c3)CC2)cc1OC. The van der Waals surface area contributed by atoms with Crippen molar-refractivity contribution in [2.24, 2.45) is 5.92 Å². The van der Waals surface area contributed by atoms with E-state index >= 15 is 0 Å². The third-order valence-electron chi connectivity index (χ3n) is 5.68. The maximum atomic E-state index is 12.7. The largest absolute Gasteiger partial charge is 0.493 e. The van der Waals surface area contributed by atoms with Crippen LogP contribution in [-0.2, 0) is 16.0 Å². The molecular weight excluding hydrogens is 424 g/mol. The highest BCUT2D eigenvalue weighted by Gasteiger charge is 2.23. The number of carbonyl (C=O) groups excluding carboxylic acids is 3. The summed E-state index contributed by atoms with van der Waals surface area (Å²) in [4.78, 5) is 38.2. The molecular formula is C25H30N2O6. The fraction of sp³-hybridized carbons (Fsp3) is 0.400. The Labute approximate surface area is 193 Å². The van der Waals surface area contributed by atoms with Crippen LogP contribution >= 0.6 is 0 Å². The van der Waals surface area contributed by atoms with Crippen LogP contribution in [0.3, 0.4) is 0 Å². The molecule has 0 unspecified atom stereocenters. The number of benzene rings is 2. The molecule has 0 aromatic heterocycles. The van der Waals surface area contributed by atoms with E-state index in [-0.39, 0.29) is 11.8 Å². The molecule has 8 nitrogen and oxygen atoms in total. The summed E-state index contributed by atoms with van der Waals surface area (Å²) in [5.74, 6) is 1.32. The zero-order valence-electron chi connectivity index (χ0n) is 19.3. The maximum absolute atomic E-state index is 12.7. The number of nitrogens with zero attached hydrogens (tertiary/aromatic N) is 1. The topological polar surface area (TPSA) is 94.2 Å². The number of methoxy groups -OCH3 is 2. The van der Waals surface area contributed by atoms with Gasteiger partial charge in [-0.2, -0.15) is 0 Å². The van der Waals surface area contributed by atoms with Crippen LogP contribution in [0.4, 0.5) is 0 Å². The summed E-state index contributed by atoms with van der Waals surface area (Å²) in [6, 6.07) is 12.0. The lowest BCUT2D eigenvalue weighted by molar-refractivity contribution is -0.132. The lowest BCUT2D eigenvalue weighted by Gasteiger charge is -2.32. The van der Waals surface area contributed by atoms with E-state index in [4.69, 9.17) is 14.2 Å². The van der Waals surface area contributed by atoms with Crippen LogP contribution in [0.25, 0.3) is 0 Å². The van der Waals surface area contributed by atoms with Gasteiger partial charge in [-0.3, -0.25) is 14.4 Å². The van der Waals surface area contributed by atoms with E-state index in [9.17, 15) is 14.4 Å². The molecule has 1 saturated heterocycles. The van der Waals surface area contributed by atoms with Crippen molar-refractivity contribution in [2.45, 2.75) is 26.2 Å². The molecule has 1 fully saturated rings. The van der Waals surface area contributed by atoms with E-state index in [2.05, 4.69) is 5.32 Å². The molecule has 0 atom stereocenters. The van der Waals surface area contributed by atoms with Gasteiger partial charge in [0.05, 0.1) is 20.6 Å². The molecule has 0 bridgehead atoms. The van der Waals surface area contributed by atoms with Gasteiger partial charge < -0.3 is 24.4 Å². The summed E-state index contributed by atoms with van der Waals surface area (Å²) >= 11 is 0. The predicted molar refractivity (Wildman–Crippen MR) is 123 cm³/mol. The van der Waals surface area contributed by atoms with E-state index < -0.39 is 5.97 Å². The molecule has 1 aliphatic rings. The maximum Gasteiger partial charge on any atom is 0.308 e. The Morgan fingerprint density at radius 1 is 1.00 bits per heavy atom. The highest BCUT2D eigenvalue weighted by atomic mass is 16.5. The monoisotopic (exact) mass is 454 g/mol. The molecule has 2 amide bonds. The smallest absolute Gasteiger partial charge is 0.308 e. The summed E-state index contributed by atoms with van der Waals surface area (Å²) < 4.78 is 15.6. The molecule has 0 spiro atoms.